The van der Waals surface area contributed by atoms with Gasteiger partial charge in [-0.15, -0.1) is 11.3 Å². The van der Waals surface area contributed by atoms with Crippen molar-refractivity contribution in [3.63, 3.8) is 0 Å². The van der Waals surface area contributed by atoms with Gasteiger partial charge in [0.15, 0.2) is 15.5 Å². The molecule has 3 heterocycles. The lowest BCUT2D eigenvalue weighted by Gasteiger charge is -2.21. The van der Waals surface area contributed by atoms with Gasteiger partial charge in [0.1, 0.15) is 0 Å². The smallest absolute Gasteiger partial charge is 0.276 e. The summed E-state index contributed by atoms with van der Waals surface area (Å²) >= 11 is 1.54. The Hall–Kier alpha value is -2.65. The van der Waals surface area contributed by atoms with Crippen LogP contribution in [0.1, 0.15) is 36.8 Å². The Bertz CT molecular complexity index is 1150. The van der Waals surface area contributed by atoms with Crippen molar-refractivity contribution in [2.75, 3.05) is 34.8 Å². The first-order chi connectivity index (χ1) is 14.9. The van der Waals surface area contributed by atoms with Crippen LogP contribution in [0.15, 0.2) is 47.8 Å². The molecule has 164 valence electrons. The maximum absolute atomic E-state index is 12.9. The number of aromatic nitrogens is 2. The predicted octanol–water partition coefficient (Wildman–Crippen LogP) is 4.07. The van der Waals surface area contributed by atoms with E-state index in [2.05, 4.69) is 29.2 Å². The number of nitrogens with zero attached hydrogens (tertiary/aromatic N) is 3. The minimum Gasteiger partial charge on any atom is -0.372 e. The standard InChI is InChI=1S/C22H26N4O3S2/c1-3-25(4-2)17-9-7-16(8-10-17)23-22(27)19-14-20(21-6-5-12-30-21)26(24-19)18-11-13-31(28,29)15-18/h5-10,12,14,18H,3-4,11,13,15H2,1-2H3,(H,23,27)/t18-/m1/s1. The minimum atomic E-state index is -3.07. The highest BCUT2D eigenvalue weighted by Gasteiger charge is 2.32. The minimum absolute atomic E-state index is 0.0565. The summed E-state index contributed by atoms with van der Waals surface area (Å²) in [6.45, 7) is 6.05. The average Bonchev–Trinajstić information content (AvgIpc) is 3.49. The van der Waals surface area contributed by atoms with E-state index in [-0.39, 0.29) is 29.1 Å². The first-order valence-corrected chi connectivity index (χ1v) is 13.1. The van der Waals surface area contributed by atoms with Crippen molar-refractivity contribution < 1.29 is 13.2 Å². The summed E-state index contributed by atoms with van der Waals surface area (Å²) in [7, 11) is -3.07. The molecule has 0 bridgehead atoms. The van der Waals surface area contributed by atoms with Gasteiger partial charge in [-0.3, -0.25) is 9.48 Å². The van der Waals surface area contributed by atoms with E-state index in [1.807, 2.05) is 41.8 Å². The van der Waals surface area contributed by atoms with Crippen LogP contribution in [0.5, 0.6) is 0 Å². The van der Waals surface area contributed by atoms with Gasteiger partial charge in [-0.25, -0.2) is 8.42 Å². The fraction of sp³-hybridized carbons (Fsp3) is 0.364. The van der Waals surface area contributed by atoms with Crippen LogP contribution in [0.25, 0.3) is 10.6 Å². The van der Waals surface area contributed by atoms with Crippen LogP contribution < -0.4 is 10.2 Å². The largest absolute Gasteiger partial charge is 0.372 e. The molecule has 1 aromatic carbocycles. The first kappa shape index (κ1) is 21.6. The molecule has 31 heavy (non-hydrogen) atoms. The number of hydrogen-bond acceptors (Lipinski definition) is 6. The molecule has 0 aliphatic carbocycles. The molecule has 0 saturated carbocycles. The molecule has 1 atom stereocenters. The molecule has 9 heteroatoms. The van der Waals surface area contributed by atoms with Crippen LogP contribution in [0.2, 0.25) is 0 Å². The molecule has 2 aromatic heterocycles. The number of amides is 1. The van der Waals surface area contributed by atoms with Crippen LogP contribution in [-0.4, -0.2) is 48.7 Å². The quantitative estimate of drug-likeness (QED) is 0.577. The molecule has 1 saturated heterocycles. The molecular formula is C22H26N4O3S2. The first-order valence-electron chi connectivity index (χ1n) is 10.4. The maximum Gasteiger partial charge on any atom is 0.276 e. The number of sulfone groups is 1. The van der Waals surface area contributed by atoms with Gasteiger partial charge in [0, 0.05) is 24.5 Å². The SMILES string of the molecule is CCN(CC)c1ccc(NC(=O)c2cc(-c3cccs3)n([C@@H]3CCS(=O)(=O)C3)n2)cc1. The van der Waals surface area contributed by atoms with Gasteiger partial charge < -0.3 is 10.2 Å². The fourth-order valence-corrected chi connectivity index (χ4v) is 6.33. The Morgan fingerprint density at radius 2 is 1.97 bits per heavy atom. The summed E-state index contributed by atoms with van der Waals surface area (Å²) in [5, 5.41) is 9.38. The van der Waals surface area contributed by atoms with Gasteiger partial charge in [-0.2, -0.15) is 5.10 Å². The third kappa shape index (κ3) is 4.67. The molecule has 1 amide bonds. The number of thiophene rings is 1. The summed E-state index contributed by atoms with van der Waals surface area (Å²) in [5.41, 5.74) is 2.85. The zero-order chi connectivity index (χ0) is 22.0. The molecule has 1 fully saturated rings. The molecule has 1 aliphatic heterocycles. The Labute approximate surface area is 186 Å². The molecule has 0 radical (unpaired) electrons. The summed E-state index contributed by atoms with van der Waals surface area (Å²) in [5.74, 6) is -0.101. The molecule has 0 spiro atoms. The van der Waals surface area contributed by atoms with E-state index in [0.717, 1.165) is 29.3 Å². The normalized spacial score (nSPS) is 17.5. The Kier molecular flexibility index (Phi) is 6.15. The molecule has 0 unspecified atom stereocenters. The van der Waals surface area contributed by atoms with E-state index >= 15 is 0 Å². The lowest BCUT2D eigenvalue weighted by Crippen LogP contribution is -2.21. The molecule has 3 aromatic rings. The van der Waals surface area contributed by atoms with Crippen LogP contribution in [0.3, 0.4) is 0 Å². The zero-order valence-corrected chi connectivity index (χ0v) is 19.2. The summed E-state index contributed by atoms with van der Waals surface area (Å²) < 4.78 is 25.7. The van der Waals surface area contributed by atoms with Crippen molar-refractivity contribution in [1.82, 2.24) is 9.78 Å². The monoisotopic (exact) mass is 458 g/mol. The Morgan fingerprint density at radius 3 is 2.55 bits per heavy atom. The van der Waals surface area contributed by atoms with E-state index in [9.17, 15) is 13.2 Å². The highest BCUT2D eigenvalue weighted by atomic mass is 32.2. The highest BCUT2D eigenvalue weighted by Crippen LogP contribution is 2.32. The average molecular weight is 459 g/mol. The van der Waals surface area contributed by atoms with Gasteiger partial charge >= 0.3 is 0 Å². The predicted molar refractivity (Wildman–Crippen MR) is 126 cm³/mol. The summed E-state index contributed by atoms with van der Waals surface area (Å²) in [6, 6.07) is 13.1. The number of nitrogens with one attached hydrogen (secondary N) is 1. The molecule has 1 N–H and O–H groups in total. The number of carbonyl (C=O) groups excluding carboxylic acids is 1. The van der Waals surface area contributed by atoms with Crippen molar-refractivity contribution >= 4 is 38.5 Å². The second-order valence-electron chi connectivity index (χ2n) is 7.57. The van der Waals surface area contributed by atoms with Gasteiger partial charge in [0.25, 0.3) is 5.91 Å². The van der Waals surface area contributed by atoms with Crippen molar-refractivity contribution in [1.29, 1.82) is 0 Å². The second kappa shape index (κ2) is 8.84. The molecule has 4 rings (SSSR count). The number of carbonyl (C=O) groups is 1. The van der Waals surface area contributed by atoms with Crippen molar-refractivity contribution in [3.8, 4) is 10.6 Å². The Balaban J connectivity index is 1.58. The number of hydrogen-bond donors (Lipinski definition) is 1. The van der Waals surface area contributed by atoms with E-state index in [4.69, 9.17) is 0 Å². The molecule has 7 nitrogen and oxygen atoms in total. The molecule has 1 aliphatic rings. The van der Waals surface area contributed by atoms with E-state index < -0.39 is 9.84 Å². The second-order valence-corrected chi connectivity index (χ2v) is 10.7. The lowest BCUT2D eigenvalue weighted by atomic mass is 10.2. The van der Waals surface area contributed by atoms with E-state index in [1.54, 1.807) is 10.7 Å². The third-order valence-corrected chi connectivity index (χ3v) is 8.19. The van der Waals surface area contributed by atoms with Gasteiger partial charge in [-0.1, -0.05) is 6.07 Å². The van der Waals surface area contributed by atoms with E-state index in [0.29, 0.717) is 12.1 Å². The maximum atomic E-state index is 12.9. The number of benzene rings is 1. The highest BCUT2D eigenvalue weighted by molar-refractivity contribution is 7.91. The molecular weight excluding hydrogens is 432 g/mol. The van der Waals surface area contributed by atoms with Gasteiger partial charge in [-0.05, 0) is 62.0 Å². The summed E-state index contributed by atoms with van der Waals surface area (Å²) in [6.07, 6.45) is 0.510. The van der Waals surface area contributed by atoms with Crippen LogP contribution in [-0.2, 0) is 9.84 Å². The summed E-state index contributed by atoms with van der Waals surface area (Å²) in [4.78, 5) is 16.1. The van der Waals surface area contributed by atoms with Crippen LogP contribution >= 0.6 is 11.3 Å². The van der Waals surface area contributed by atoms with Crippen molar-refractivity contribution in [2.45, 2.75) is 26.3 Å². The van der Waals surface area contributed by atoms with Crippen LogP contribution in [0.4, 0.5) is 11.4 Å². The third-order valence-electron chi connectivity index (χ3n) is 5.55. The van der Waals surface area contributed by atoms with Crippen molar-refractivity contribution in [2.24, 2.45) is 0 Å². The number of rotatable bonds is 7. The zero-order valence-electron chi connectivity index (χ0n) is 17.6. The van der Waals surface area contributed by atoms with E-state index in [1.165, 1.54) is 11.3 Å². The van der Waals surface area contributed by atoms with Gasteiger partial charge in [0.2, 0.25) is 0 Å². The topological polar surface area (TPSA) is 84.3 Å². The Morgan fingerprint density at radius 1 is 1.23 bits per heavy atom. The van der Waals surface area contributed by atoms with Gasteiger partial charge in [0.05, 0.1) is 28.1 Å². The lowest BCUT2D eigenvalue weighted by molar-refractivity contribution is 0.102. The number of anilines is 2. The van der Waals surface area contributed by atoms with Crippen LogP contribution in [0, 0.1) is 0 Å². The fourth-order valence-electron chi connectivity index (χ4n) is 3.90. The van der Waals surface area contributed by atoms with Crippen molar-refractivity contribution in [3.05, 3.63) is 53.5 Å².